The molecule has 0 bridgehead atoms. The highest BCUT2D eigenvalue weighted by Crippen LogP contribution is 2.21. The van der Waals surface area contributed by atoms with Gasteiger partial charge >= 0.3 is 0 Å². The summed E-state index contributed by atoms with van der Waals surface area (Å²) < 4.78 is 5.31. The highest BCUT2D eigenvalue weighted by molar-refractivity contribution is 4.87. The van der Waals surface area contributed by atoms with Gasteiger partial charge in [0.15, 0.2) is 0 Å². The van der Waals surface area contributed by atoms with Gasteiger partial charge < -0.3 is 10.1 Å². The van der Waals surface area contributed by atoms with E-state index >= 15 is 0 Å². The van der Waals surface area contributed by atoms with Crippen molar-refractivity contribution in [2.75, 3.05) is 33.3 Å². The van der Waals surface area contributed by atoms with Gasteiger partial charge in [0, 0.05) is 39.3 Å². The Labute approximate surface area is 94.2 Å². The van der Waals surface area contributed by atoms with Gasteiger partial charge in [-0.05, 0) is 12.3 Å². The lowest BCUT2D eigenvalue weighted by Gasteiger charge is -2.41. The van der Waals surface area contributed by atoms with Gasteiger partial charge in [0.1, 0.15) is 0 Å². The smallest absolute Gasteiger partial charge is 0.0670 e. The highest BCUT2D eigenvalue weighted by atomic mass is 16.5. The molecule has 1 saturated heterocycles. The lowest BCUT2D eigenvalue weighted by atomic mass is 9.85. The first-order valence-corrected chi connectivity index (χ1v) is 5.92. The van der Waals surface area contributed by atoms with Gasteiger partial charge in [0.25, 0.3) is 0 Å². The van der Waals surface area contributed by atoms with E-state index in [1.165, 1.54) is 0 Å². The van der Waals surface area contributed by atoms with E-state index in [4.69, 9.17) is 4.74 Å². The van der Waals surface area contributed by atoms with E-state index in [1.54, 1.807) is 7.11 Å². The van der Waals surface area contributed by atoms with Crippen LogP contribution < -0.4 is 5.32 Å². The highest BCUT2D eigenvalue weighted by Gasteiger charge is 2.29. The number of ether oxygens (including phenoxy) is 1. The summed E-state index contributed by atoms with van der Waals surface area (Å²) in [6, 6.07) is 0.593. The van der Waals surface area contributed by atoms with Gasteiger partial charge in [0.2, 0.25) is 0 Å². The van der Waals surface area contributed by atoms with Gasteiger partial charge in [-0.3, -0.25) is 4.90 Å². The molecule has 1 rings (SSSR count). The maximum atomic E-state index is 5.31. The Hall–Kier alpha value is -0.120. The summed E-state index contributed by atoms with van der Waals surface area (Å²) in [5.74, 6) is 0. The molecular formula is C12H26N2O. The molecule has 0 aromatic rings. The van der Waals surface area contributed by atoms with E-state index in [-0.39, 0.29) is 0 Å². The molecule has 0 radical (unpaired) electrons. The minimum absolute atomic E-state index is 0.337. The molecule has 0 saturated carbocycles. The molecule has 1 aliphatic heterocycles. The molecule has 2 atom stereocenters. The Kier molecular flexibility index (Phi) is 4.56. The lowest BCUT2D eigenvalue weighted by molar-refractivity contribution is 0.0531. The lowest BCUT2D eigenvalue weighted by Crippen LogP contribution is -2.56. The van der Waals surface area contributed by atoms with Gasteiger partial charge in [-0.15, -0.1) is 0 Å². The number of nitrogens with one attached hydrogen (secondary N) is 1. The predicted octanol–water partition coefficient (Wildman–Crippen LogP) is 1.34. The molecule has 2 unspecified atom stereocenters. The van der Waals surface area contributed by atoms with Crippen LogP contribution in [0.5, 0.6) is 0 Å². The second-order valence-electron chi connectivity index (χ2n) is 5.68. The first kappa shape index (κ1) is 12.9. The zero-order valence-corrected chi connectivity index (χ0v) is 10.8. The Bertz CT molecular complexity index is 189. The van der Waals surface area contributed by atoms with Gasteiger partial charge in [-0.2, -0.15) is 0 Å². The summed E-state index contributed by atoms with van der Waals surface area (Å²) in [6.45, 7) is 13.4. The van der Waals surface area contributed by atoms with E-state index in [2.05, 4.69) is 37.9 Å². The Morgan fingerprint density at radius 3 is 2.67 bits per heavy atom. The molecule has 1 fully saturated rings. The number of nitrogens with zero attached hydrogens (tertiary/aromatic N) is 1. The average Bonchev–Trinajstić information content (AvgIpc) is 2.17. The summed E-state index contributed by atoms with van der Waals surface area (Å²) in [4.78, 5) is 2.50. The van der Waals surface area contributed by atoms with Crippen LogP contribution in [0.15, 0.2) is 0 Å². The Morgan fingerprint density at radius 2 is 2.13 bits per heavy atom. The van der Waals surface area contributed by atoms with E-state index < -0.39 is 0 Å². The summed E-state index contributed by atoms with van der Waals surface area (Å²) in [7, 11) is 1.79. The first-order chi connectivity index (χ1) is 6.93. The fourth-order valence-electron chi connectivity index (χ4n) is 1.99. The SMILES string of the molecule is COC(C)CN1CCNC(C(C)(C)C)C1. The van der Waals surface area contributed by atoms with Crippen molar-refractivity contribution in [1.29, 1.82) is 0 Å². The van der Waals surface area contributed by atoms with Crippen LogP contribution in [0.4, 0.5) is 0 Å². The molecule has 3 nitrogen and oxygen atoms in total. The molecule has 0 amide bonds. The summed E-state index contributed by atoms with van der Waals surface area (Å²) >= 11 is 0. The van der Waals surface area contributed by atoms with Crippen molar-refractivity contribution in [3.63, 3.8) is 0 Å². The van der Waals surface area contributed by atoms with Gasteiger partial charge in [0.05, 0.1) is 6.10 Å². The second-order valence-corrected chi connectivity index (χ2v) is 5.68. The third-order valence-corrected chi connectivity index (χ3v) is 3.22. The third kappa shape index (κ3) is 4.09. The van der Waals surface area contributed by atoms with E-state index in [9.17, 15) is 0 Å². The molecule has 1 N–H and O–H groups in total. The van der Waals surface area contributed by atoms with E-state index in [0.29, 0.717) is 17.6 Å². The molecule has 1 aliphatic rings. The quantitative estimate of drug-likeness (QED) is 0.767. The zero-order valence-electron chi connectivity index (χ0n) is 10.8. The molecule has 3 heteroatoms. The van der Waals surface area contributed by atoms with Crippen LogP contribution >= 0.6 is 0 Å². The van der Waals surface area contributed by atoms with E-state index in [0.717, 1.165) is 26.2 Å². The normalized spacial score (nSPS) is 26.6. The van der Waals surface area contributed by atoms with Gasteiger partial charge in [-0.1, -0.05) is 20.8 Å². The number of methoxy groups -OCH3 is 1. The first-order valence-electron chi connectivity index (χ1n) is 5.92. The predicted molar refractivity (Wildman–Crippen MR) is 64.2 cm³/mol. The van der Waals surface area contributed by atoms with Crippen molar-refractivity contribution in [2.45, 2.75) is 39.8 Å². The monoisotopic (exact) mass is 214 g/mol. The molecule has 15 heavy (non-hydrogen) atoms. The van der Waals surface area contributed by atoms with Crippen molar-refractivity contribution in [3.8, 4) is 0 Å². The van der Waals surface area contributed by atoms with E-state index in [1.807, 2.05) is 0 Å². The van der Waals surface area contributed by atoms with Crippen molar-refractivity contribution in [1.82, 2.24) is 10.2 Å². The fourth-order valence-corrected chi connectivity index (χ4v) is 1.99. The van der Waals surface area contributed by atoms with Crippen LogP contribution in [0.1, 0.15) is 27.7 Å². The summed E-state index contributed by atoms with van der Waals surface area (Å²) in [6.07, 6.45) is 0.337. The maximum absolute atomic E-state index is 5.31. The summed E-state index contributed by atoms with van der Waals surface area (Å²) in [5, 5.41) is 3.60. The van der Waals surface area contributed by atoms with Crippen LogP contribution in [0.25, 0.3) is 0 Å². The number of rotatable bonds is 3. The Morgan fingerprint density at radius 1 is 1.47 bits per heavy atom. The van der Waals surface area contributed by atoms with Crippen LogP contribution in [0, 0.1) is 5.41 Å². The zero-order chi connectivity index (χ0) is 11.5. The number of piperazine rings is 1. The van der Waals surface area contributed by atoms with Crippen LogP contribution in [-0.4, -0.2) is 50.3 Å². The van der Waals surface area contributed by atoms with Crippen molar-refractivity contribution in [3.05, 3.63) is 0 Å². The second kappa shape index (κ2) is 5.28. The Balaban J connectivity index is 2.42. The molecule has 0 aromatic heterocycles. The van der Waals surface area contributed by atoms with Crippen molar-refractivity contribution in [2.24, 2.45) is 5.41 Å². The van der Waals surface area contributed by atoms with Gasteiger partial charge in [-0.25, -0.2) is 0 Å². The molecule has 1 heterocycles. The van der Waals surface area contributed by atoms with Crippen LogP contribution in [-0.2, 0) is 4.74 Å². The third-order valence-electron chi connectivity index (χ3n) is 3.22. The molecule has 90 valence electrons. The van der Waals surface area contributed by atoms with Crippen LogP contribution in [0.3, 0.4) is 0 Å². The minimum atomic E-state index is 0.337. The minimum Gasteiger partial charge on any atom is -0.380 e. The molecule has 0 aromatic carbocycles. The summed E-state index contributed by atoms with van der Waals surface area (Å²) in [5.41, 5.74) is 0.342. The molecule has 0 spiro atoms. The topological polar surface area (TPSA) is 24.5 Å². The largest absolute Gasteiger partial charge is 0.380 e. The number of hydrogen-bond donors (Lipinski definition) is 1. The van der Waals surface area contributed by atoms with Crippen LogP contribution in [0.2, 0.25) is 0 Å². The van der Waals surface area contributed by atoms with Crippen molar-refractivity contribution < 1.29 is 4.74 Å². The average molecular weight is 214 g/mol. The standard InChI is InChI=1S/C12H26N2O/c1-10(15-5)8-14-7-6-13-11(9-14)12(2,3)4/h10-11,13H,6-9H2,1-5H3. The maximum Gasteiger partial charge on any atom is 0.0670 e. The number of hydrogen-bond acceptors (Lipinski definition) is 3. The molecular weight excluding hydrogens is 188 g/mol. The van der Waals surface area contributed by atoms with Crippen molar-refractivity contribution >= 4 is 0 Å². The fraction of sp³-hybridized carbons (Fsp3) is 1.00. The molecule has 0 aliphatic carbocycles.